The molecule has 0 saturated carbocycles. The van der Waals surface area contributed by atoms with E-state index < -0.39 is 46.9 Å². The fraction of sp³-hybridized carbons (Fsp3) is 0.833. The summed E-state index contributed by atoms with van der Waals surface area (Å²) in [6.45, 7) is 2.68. The number of carbonyl (C=O) groups is 3. The van der Waals surface area contributed by atoms with E-state index in [2.05, 4.69) is 10.0 Å². The van der Waals surface area contributed by atoms with Crippen LogP contribution in [-0.2, 0) is 24.4 Å². The van der Waals surface area contributed by atoms with Gasteiger partial charge in [-0.1, -0.05) is 13.3 Å². The first-order chi connectivity index (χ1) is 13.7. The van der Waals surface area contributed by atoms with Crippen molar-refractivity contribution in [3.63, 3.8) is 0 Å². The van der Waals surface area contributed by atoms with Crippen molar-refractivity contribution in [2.75, 3.05) is 31.9 Å². The lowest BCUT2D eigenvalue weighted by Gasteiger charge is -2.25. The number of imide groups is 1. The smallest absolute Gasteiger partial charge is 0.323 e. The van der Waals surface area contributed by atoms with Crippen LogP contribution in [0.25, 0.3) is 0 Å². The number of carbonyl (C=O) groups excluding carboxylic acids is 2. The minimum Gasteiger partial charge on any atom is -0.480 e. The Kier molecular flexibility index (Phi) is 11.3. The number of unbranched alkanes of at least 4 members (excludes halogenated alkanes) is 1. The standard InChI is InChI=1S/C18H34N4O6S/c1-2-3-11-29(27,28)21-15(18(25)26)13-22(17(24)12-19)16(23)6-4-5-14-7-9-20-10-8-14/h14-15,20-21H,2-13,19H2,1H3,(H,25,26)/t15-/m0/s1. The minimum atomic E-state index is -3.84. The Balaban J connectivity index is 2.71. The SMILES string of the molecule is CCCCS(=O)(=O)N[C@@H](CN(C(=O)CN)C(=O)CCCC1CCNCC1)C(=O)O. The maximum Gasteiger partial charge on any atom is 0.323 e. The molecule has 5 N–H and O–H groups in total. The Morgan fingerprint density at radius 2 is 1.86 bits per heavy atom. The lowest BCUT2D eigenvalue weighted by atomic mass is 9.92. The van der Waals surface area contributed by atoms with E-state index in [0.717, 1.165) is 37.3 Å². The van der Waals surface area contributed by atoms with Crippen molar-refractivity contribution in [1.29, 1.82) is 0 Å². The molecule has 0 radical (unpaired) electrons. The van der Waals surface area contributed by atoms with Gasteiger partial charge < -0.3 is 16.2 Å². The molecule has 1 rings (SSSR count). The van der Waals surface area contributed by atoms with Gasteiger partial charge in [-0.05, 0) is 51.1 Å². The van der Waals surface area contributed by atoms with Crippen molar-refractivity contribution in [2.24, 2.45) is 11.7 Å². The number of carboxylic acids is 1. The molecule has 1 fully saturated rings. The molecular weight excluding hydrogens is 400 g/mol. The quantitative estimate of drug-likeness (QED) is 0.306. The predicted octanol–water partition coefficient (Wildman–Crippen LogP) is -0.357. The average Bonchev–Trinajstić information content (AvgIpc) is 2.69. The highest BCUT2D eigenvalue weighted by Gasteiger charge is 2.30. The van der Waals surface area contributed by atoms with Crippen LogP contribution in [-0.4, -0.2) is 74.2 Å². The van der Waals surface area contributed by atoms with Gasteiger partial charge in [-0.2, -0.15) is 4.72 Å². The van der Waals surface area contributed by atoms with Crippen molar-refractivity contribution < 1.29 is 27.9 Å². The molecule has 11 heteroatoms. The largest absolute Gasteiger partial charge is 0.480 e. The van der Waals surface area contributed by atoms with E-state index >= 15 is 0 Å². The number of nitrogens with two attached hydrogens (primary N) is 1. The third-order valence-electron chi connectivity index (χ3n) is 4.99. The summed E-state index contributed by atoms with van der Waals surface area (Å²) in [6, 6.07) is -1.61. The summed E-state index contributed by atoms with van der Waals surface area (Å²) < 4.78 is 26.2. The Labute approximate surface area is 172 Å². The number of hydrogen-bond donors (Lipinski definition) is 4. The molecule has 0 spiro atoms. The van der Waals surface area contributed by atoms with Gasteiger partial charge in [-0.15, -0.1) is 0 Å². The van der Waals surface area contributed by atoms with E-state index in [1.165, 1.54) is 0 Å². The summed E-state index contributed by atoms with van der Waals surface area (Å²) in [5.41, 5.74) is 5.36. The third-order valence-corrected chi connectivity index (χ3v) is 6.46. The van der Waals surface area contributed by atoms with E-state index in [9.17, 15) is 27.9 Å². The van der Waals surface area contributed by atoms with E-state index in [-0.39, 0.29) is 12.2 Å². The van der Waals surface area contributed by atoms with Gasteiger partial charge >= 0.3 is 5.97 Å². The summed E-state index contributed by atoms with van der Waals surface area (Å²) in [6.07, 6.45) is 4.61. The number of nitrogens with zero attached hydrogens (tertiary/aromatic N) is 1. The molecule has 1 heterocycles. The van der Waals surface area contributed by atoms with Gasteiger partial charge in [0.1, 0.15) is 6.04 Å². The monoisotopic (exact) mass is 434 g/mol. The number of carboxylic acid groups (broad SMARTS) is 1. The summed E-state index contributed by atoms with van der Waals surface area (Å²) in [7, 11) is -3.84. The van der Waals surface area contributed by atoms with Gasteiger partial charge in [0, 0.05) is 6.42 Å². The number of sulfonamides is 1. The van der Waals surface area contributed by atoms with Crippen LogP contribution in [0.1, 0.15) is 51.9 Å². The van der Waals surface area contributed by atoms with Crippen molar-refractivity contribution >= 4 is 27.8 Å². The Morgan fingerprint density at radius 3 is 2.41 bits per heavy atom. The van der Waals surface area contributed by atoms with E-state index in [1.54, 1.807) is 0 Å². The van der Waals surface area contributed by atoms with Crippen LogP contribution < -0.4 is 15.8 Å². The summed E-state index contributed by atoms with van der Waals surface area (Å²) in [5.74, 6) is -2.41. The maximum atomic E-state index is 12.5. The Hall–Kier alpha value is -1.56. The Bertz CT molecular complexity index is 649. The van der Waals surface area contributed by atoms with Crippen molar-refractivity contribution in [2.45, 2.75) is 57.9 Å². The van der Waals surface area contributed by atoms with Gasteiger partial charge in [-0.3, -0.25) is 19.3 Å². The average molecular weight is 435 g/mol. The van der Waals surface area contributed by atoms with Gasteiger partial charge in [0.05, 0.1) is 18.8 Å². The number of nitrogens with one attached hydrogen (secondary N) is 2. The molecule has 29 heavy (non-hydrogen) atoms. The Morgan fingerprint density at radius 1 is 1.21 bits per heavy atom. The van der Waals surface area contributed by atoms with Crippen molar-refractivity contribution in [3.05, 3.63) is 0 Å². The molecule has 168 valence electrons. The molecular formula is C18H34N4O6S. The molecule has 1 aliphatic heterocycles. The highest BCUT2D eigenvalue weighted by atomic mass is 32.2. The summed E-state index contributed by atoms with van der Waals surface area (Å²) in [5, 5.41) is 12.7. The highest BCUT2D eigenvalue weighted by molar-refractivity contribution is 7.89. The molecule has 0 aromatic rings. The van der Waals surface area contributed by atoms with Crippen molar-refractivity contribution in [1.82, 2.24) is 14.9 Å². The van der Waals surface area contributed by atoms with Crippen LogP contribution in [0.15, 0.2) is 0 Å². The van der Waals surface area contributed by atoms with Gasteiger partial charge in [0.25, 0.3) is 0 Å². The second kappa shape index (κ2) is 12.9. The molecule has 1 atom stereocenters. The normalized spacial score (nSPS) is 16.3. The van der Waals surface area contributed by atoms with Gasteiger partial charge in [0.15, 0.2) is 0 Å². The maximum absolute atomic E-state index is 12.5. The van der Waals surface area contributed by atoms with Crippen LogP contribution in [0, 0.1) is 5.92 Å². The van der Waals surface area contributed by atoms with Crippen LogP contribution >= 0.6 is 0 Å². The summed E-state index contributed by atoms with van der Waals surface area (Å²) in [4.78, 5) is 37.0. The van der Waals surface area contributed by atoms with E-state index in [1.807, 2.05) is 6.92 Å². The first kappa shape index (κ1) is 25.5. The van der Waals surface area contributed by atoms with Crippen molar-refractivity contribution in [3.8, 4) is 0 Å². The molecule has 0 aromatic carbocycles. The first-order valence-electron chi connectivity index (χ1n) is 10.2. The van der Waals surface area contributed by atoms with E-state index in [0.29, 0.717) is 25.2 Å². The lowest BCUT2D eigenvalue weighted by Crippen LogP contribution is -2.53. The van der Waals surface area contributed by atoms with Crippen LogP contribution in [0.4, 0.5) is 0 Å². The molecule has 0 unspecified atom stereocenters. The second-order valence-electron chi connectivity index (χ2n) is 7.37. The fourth-order valence-corrected chi connectivity index (χ4v) is 4.65. The van der Waals surface area contributed by atoms with Crippen LogP contribution in [0.3, 0.4) is 0 Å². The molecule has 0 bridgehead atoms. The molecule has 0 aliphatic carbocycles. The molecule has 2 amide bonds. The number of rotatable bonds is 13. The zero-order chi connectivity index (χ0) is 21.9. The first-order valence-corrected chi connectivity index (χ1v) is 11.8. The molecule has 1 aliphatic rings. The number of hydrogen-bond acceptors (Lipinski definition) is 7. The minimum absolute atomic E-state index is 0.0879. The van der Waals surface area contributed by atoms with E-state index in [4.69, 9.17) is 5.73 Å². The number of aliphatic carboxylic acids is 1. The molecule has 10 nitrogen and oxygen atoms in total. The third kappa shape index (κ3) is 9.66. The number of amides is 2. The summed E-state index contributed by atoms with van der Waals surface area (Å²) >= 11 is 0. The highest BCUT2D eigenvalue weighted by Crippen LogP contribution is 2.19. The predicted molar refractivity (Wildman–Crippen MR) is 108 cm³/mol. The topological polar surface area (TPSA) is 159 Å². The van der Waals surface area contributed by atoms with Crippen LogP contribution in [0.5, 0.6) is 0 Å². The zero-order valence-corrected chi connectivity index (χ0v) is 17.9. The second-order valence-corrected chi connectivity index (χ2v) is 9.24. The fourth-order valence-electron chi connectivity index (χ4n) is 3.26. The lowest BCUT2D eigenvalue weighted by molar-refractivity contribution is -0.146. The molecule has 0 aromatic heterocycles. The zero-order valence-electron chi connectivity index (χ0n) is 17.1. The number of piperidine rings is 1. The molecule has 1 saturated heterocycles. The van der Waals surface area contributed by atoms with Crippen LogP contribution in [0.2, 0.25) is 0 Å². The van der Waals surface area contributed by atoms with Gasteiger partial charge in [-0.25, -0.2) is 8.42 Å². The van der Waals surface area contributed by atoms with Gasteiger partial charge in [0.2, 0.25) is 21.8 Å².